The molecule has 1 amide bonds. The lowest BCUT2D eigenvalue weighted by atomic mass is 10.3. The SMILES string of the molecule is COc1ccc(S(=O)(=O)N2CCSC[C@@H]2C(N)=O)c([N+](=O)[O-])c1. The fraction of sp³-hybridized carbons (Fsp3) is 0.417. The predicted octanol–water partition coefficient (Wildman–Crippen LogP) is 0.195. The van der Waals surface area contributed by atoms with Gasteiger partial charge in [0.05, 0.1) is 18.1 Å². The Balaban J connectivity index is 2.54. The monoisotopic (exact) mass is 361 g/mol. The van der Waals surface area contributed by atoms with Gasteiger partial charge in [-0.1, -0.05) is 0 Å². The number of carbonyl (C=O) groups excluding carboxylic acids is 1. The molecule has 11 heteroatoms. The van der Waals surface area contributed by atoms with Crippen molar-refractivity contribution in [2.75, 3.05) is 25.2 Å². The standard InChI is InChI=1S/C12H15N3O6S2/c1-21-8-2-3-11(9(6-8)15(17)18)23(19,20)14-4-5-22-7-10(14)12(13)16/h2-3,6,10H,4-5,7H2,1H3,(H2,13,16)/t10-/m1/s1. The quantitative estimate of drug-likeness (QED) is 0.585. The largest absolute Gasteiger partial charge is 0.497 e. The number of nitrogens with zero attached hydrogens (tertiary/aromatic N) is 2. The van der Waals surface area contributed by atoms with Gasteiger partial charge in [-0.3, -0.25) is 14.9 Å². The number of hydrogen-bond donors (Lipinski definition) is 1. The number of carbonyl (C=O) groups is 1. The molecule has 2 N–H and O–H groups in total. The Hall–Kier alpha value is -1.85. The molecule has 126 valence electrons. The second-order valence-corrected chi connectivity index (χ2v) is 7.71. The van der Waals surface area contributed by atoms with E-state index in [1.54, 1.807) is 0 Å². The highest BCUT2D eigenvalue weighted by molar-refractivity contribution is 7.99. The zero-order valence-electron chi connectivity index (χ0n) is 12.2. The van der Waals surface area contributed by atoms with Gasteiger partial charge in [-0.2, -0.15) is 16.1 Å². The van der Waals surface area contributed by atoms with Gasteiger partial charge >= 0.3 is 0 Å². The average Bonchev–Trinajstić information content (AvgIpc) is 2.54. The summed E-state index contributed by atoms with van der Waals surface area (Å²) in [4.78, 5) is 21.4. The molecule has 0 spiro atoms. The zero-order chi connectivity index (χ0) is 17.2. The van der Waals surface area contributed by atoms with Crippen LogP contribution in [0.1, 0.15) is 0 Å². The number of methoxy groups -OCH3 is 1. The van der Waals surface area contributed by atoms with Crippen LogP contribution >= 0.6 is 11.8 Å². The number of thioether (sulfide) groups is 1. The van der Waals surface area contributed by atoms with E-state index in [9.17, 15) is 23.3 Å². The van der Waals surface area contributed by atoms with Crippen LogP contribution in [0.2, 0.25) is 0 Å². The highest BCUT2D eigenvalue weighted by Crippen LogP contribution is 2.32. The molecule has 23 heavy (non-hydrogen) atoms. The number of benzene rings is 1. The van der Waals surface area contributed by atoms with Crippen molar-refractivity contribution in [3.63, 3.8) is 0 Å². The summed E-state index contributed by atoms with van der Waals surface area (Å²) in [5, 5.41) is 11.2. The average molecular weight is 361 g/mol. The van der Waals surface area contributed by atoms with E-state index < -0.39 is 37.5 Å². The van der Waals surface area contributed by atoms with Crippen molar-refractivity contribution < 1.29 is 22.9 Å². The number of nitro groups is 1. The third kappa shape index (κ3) is 3.41. The Morgan fingerprint density at radius 3 is 2.78 bits per heavy atom. The van der Waals surface area contributed by atoms with E-state index in [1.807, 2.05) is 0 Å². The van der Waals surface area contributed by atoms with E-state index in [0.717, 1.165) is 16.4 Å². The maximum atomic E-state index is 12.8. The van der Waals surface area contributed by atoms with Crippen molar-refractivity contribution in [3.8, 4) is 5.75 Å². The summed E-state index contributed by atoms with van der Waals surface area (Å²) in [7, 11) is -2.92. The molecule has 2 rings (SSSR count). The summed E-state index contributed by atoms with van der Waals surface area (Å²) in [6, 6.07) is 2.43. The van der Waals surface area contributed by atoms with Crippen molar-refractivity contribution >= 4 is 33.4 Å². The minimum Gasteiger partial charge on any atom is -0.497 e. The number of primary amides is 1. The number of nitro benzene ring substituents is 1. The summed E-state index contributed by atoms with van der Waals surface area (Å²) >= 11 is 1.40. The molecule has 1 fully saturated rings. The van der Waals surface area contributed by atoms with Gasteiger partial charge in [0.15, 0.2) is 4.90 Å². The summed E-state index contributed by atoms with van der Waals surface area (Å²) in [5.74, 6) is 0.0825. The molecule has 0 aromatic heterocycles. The number of hydrogen-bond acceptors (Lipinski definition) is 7. The van der Waals surface area contributed by atoms with Crippen LogP contribution < -0.4 is 10.5 Å². The lowest BCUT2D eigenvalue weighted by molar-refractivity contribution is -0.387. The van der Waals surface area contributed by atoms with Crippen molar-refractivity contribution in [1.29, 1.82) is 0 Å². The van der Waals surface area contributed by atoms with Gasteiger partial charge in [0.2, 0.25) is 5.91 Å². The van der Waals surface area contributed by atoms with E-state index in [0.29, 0.717) is 5.75 Å². The molecule has 1 aliphatic rings. The molecule has 0 unspecified atom stereocenters. The van der Waals surface area contributed by atoms with Crippen LogP contribution in [0, 0.1) is 10.1 Å². The molecule has 1 aliphatic heterocycles. The molecule has 1 heterocycles. The molecular weight excluding hydrogens is 346 g/mol. The molecule has 0 radical (unpaired) electrons. The second-order valence-electron chi connectivity index (χ2n) is 4.70. The Kier molecular flexibility index (Phi) is 5.12. The second kappa shape index (κ2) is 6.72. The number of rotatable bonds is 5. The predicted molar refractivity (Wildman–Crippen MR) is 83.8 cm³/mol. The Morgan fingerprint density at radius 1 is 1.52 bits per heavy atom. The van der Waals surface area contributed by atoms with E-state index in [1.165, 1.54) is 24.9 Å². The Labute approximate surface area is 137 Å². The first-order valence-electron chi connectivity index (χ1n) is 6.50. The van der Waals surface area contributed by atoms with Crippen LogP contribution in [0.25, 0.3) is 0 Å². The maximum absolute atomic E-state index is 12.8. The van der Waals surface area contributed by atoms with Gasteiger partial charge in [-0.15, -0.1) is 0 Å². The van der Waals surface area contributed by atoms with Crippen molar-refractivity contribution in [2.24, 2.45) is 5.73 Å². The Bertz CT molecular complexity index is 736. The number of nitrogens with two attached hydrogens (primary N) is 1. The molecule has 9 nitrogen and oxygen atoms in total. The highest BCUT2D eigenvalue weighted by atomic mass is 32.2. The fourth-order valence-corrected chi connectivity index (χ4v) is 5.22. The van der Waals surface area contributed by atoms with Gasteiger partial charge in [0, 0.05) is 18.1 Å². The molecule has 1 atom stereocenters. The van der Waals surface area contributed by atoms with Gasteiger partial charge in [-0.05, 0) is 12.1 Å². The van der Waals surface area contributed by atoms with Gasteiger partial charge in [-0.25, -0.2) is 8.42 Å². The van der Waals surface area contributed by atoms with Gasteiger partial charge < -0.3 is 10.5 Å². The first kappa shape index (κ1) is 17.5. The smallest absolute Gasteiger partial charge is 0.293 e. The topological polar surface area (TPSA) is 133 Å². The lowest BCUT2D eigenvalue weighted by Gasteiger charge is -2.32. The van der Waals surface area contributed by atoms with E-state index in [2.05, 4.69) is 0 Å². The van der Waals surface area contributed by atoms with Crippen LogP contribution in [-0.2, 0) is 14.8 Å². The minimum atomic E-state index is -4.23. The fourth-order valence-electron chi connectivity index (χ4n) is 2.21. The number of ether oxygens (including phenoxy) is 1. The van der Waals surface area contributed by atoms with Crippen LogP contribution in [-0.4, -0.2) is 54.8 Å². The zero-order valence-corrected chi connectivity index (χ0v) is 13.8. The van der Waals surface area contributed by atoms with Crippen LogP contribution in [0.5, 0.6) is 5.75 Å². The summed E-state index contributed by atoms with van der Waals surface area (Å²) in [5.41, 5.74) is 4.66. The van der Waals surface area contributed by atoms with E-state index in [4.69, 9.17) is 10.5 Å². The van der Waals surface area contributed by atoms with Gasteiger partial charge in [0.1, 0.15) is 11.8 Å². The molecule has 1 aromatic rings. The third-order valence-electron chi connectivity index (χ3n) is 3.36. The van der Waals surface area contributed by atoms with Crippen LogP contribution in [0.4, 0.5) is 5.69 Å². The van der Waals surface area contributed by atoms with Crippen molar-refractivity contribution in [1.82, 2.24) is 4.31 Å². The lowest BCUT2D eigenvalue weighted by Crippen LogP contribution is -2.52. The molecular formula is C12H15N3O6S2. The summed E-state index contributed by atoms with van der Waals surface area (Å²) < 4.78 is 31.4. The first-order valence-corrected chi connectivity index (χ1v) is 9.10. The van der Waals surface area contributed by atoms with Crippen LogP contribution in [0.3, 0.4) is 0 Å². The van der Waals surface area contributed by atoms with Crippen molar-refractivity contribution in [2.45, 2.75) is 10.9 Å². The first-order chi connectivity index (χ1) is 10.8. The van der Waals surface area contributed by atoms with Crippen LogP contribution in [0.15, 0.2) is 23.1 Å². The van der Waals surface area contributed by atoms with E-state index in [-0.39, 0.29) is 18.0 Å². The van der Waals surface area contributed by atoms with Gasteiger partial charge in [0.25, 0.3) is 15.7 Å². The maximum Gasteiger partial charge on any atom is 0.293 e. The normalized spacial score (nSPS) is 19.3. The molecule has 1 aromatic carbocycles. The molecule has 0 aliphatic carbocycles. The Morgan fingerprint density at radius 2 is 2.22 bits per heavy atom. The van der Waals surface area contributed by atoms with Crippen molar-refractivity contribution in [3.05, 3.63) is 28.3 Å². The number of sulfonamides is 1. The molecule has 0 saturated carbocycles. The number of amides is 1. The van der Waals surface area contributed by atoms with E-state index >= 15 is 0 Å². The molecule has 1 saturated heterocycles. The third-order valence-corrected chi connectivity index (χ3v) is 6.34. The molecule has 0 bridgehead atoms. The summed E-state index contributed by atoms with van der Waals surface area (Å²) in [6.07, 6.45) is 0. The minimum absolute atomic E-state index is 0.0593. The highest BCUT2D eigenvalue weighted by Gasteiger charge is 2.40. The summed E-state index contributed by atoms with van der Waals surface area (Å²) in [6.45, 7) is 0.0593.